The highest BCUT2D eigenvalue weighted by atomic mass is 35.5. The zero-order valence-corrected chi connectivity index (χ0v) is 23.5. The summed E-state index contributed by atoms with van der Waals surface area (Å²) >= 11 is 15.1. The van der Waals surface area contributed by atoms with Crippen molar-refractivity contribution >= 4 is 57.2 Å². The number of thioether (sulfide) groups is 1. The number of carbonyl (C=O) groups excluding carboxylic acids is 1. The molecule has 1 aliphatic carbocycles. The first-order valence-electron chi connectivity index (χ1n) is 11.9. The van der Waals surface area contributed by atoms with Crippen molar-refractivity contribution in [3.63, 3.8) is 0 Å². The number of halogens is 2. The molecule has 4 rings (SSSR count). The highest BCUT2D eigenvalue weighted by molar-refractivity contribution is 7.99. The van der Waals surface area contributed by atoms with E-state index in [1.54, 1.807) is 29.5 Å². The fourth-order valence-corrected chi connectivity index (χ4v) is 6.78. The summed E-state index contributed by atoms with van der Waals surface area (Å²) in [5.74, 6) is 1.72. The maximum absolute atomic E-state index is 12.8. The molecule has 0 fully saturated rings. The number of fused-ring (bicyclic) bond motifs is 1. The summed E-state index contributed by atoms with van der Waals surface area (Å²) in [6, 6.07) is 7.35. The van der Waals surface area contributed by atoms with E-state index in [-0.39, 0.29) is 11.7 Å². The molecular weight excluding hydrogens is 537 g/mol. The SMILES string of the molecule is CCC1CCc2c(sc(NC(=O)CSc3nnc(C(C)Oc4cc(Cl)ccc4Cl)n3CC)c2C#N)C1. The van der Waals surface area contributed by atoms with E-state index in [1.165, 1.54) is 16.6 Å². The molecule has 0 radical (unpaired) electrons. The normalized spacial score (nSPS) is 15.7. The van der Waals surface area contributed by atoms with Gasteiger partial charge in [0.05, 0.1) is 16.3 Å². The molecule has 36 heavy (non-hydrogen) atoms. The number of anilines is 1. The number of carbonyl (C=O) groups is 1. The number of benzene rings is 1. The Morgan fingerprint density at radius 3 is 2.92 bits per heavy atom. The van der Waals surface area contributed by atoms with Crippen molar-refractivity contribution in [1.29, 1.82) is 5.26 Å². The Hall–Kier alpha value is -2.25. The monoisotopic (exact) mass is 563 g/mol. The summed E-state index contributed by atoms with van der Waals surface area (Å²) in [4.78, 5) is 14.0. The van der Waals surface area contributed by atoms with Crippen LogP contribution in [0.5, 0.6) is 5.75 Å². The van der Waals surface area contributed by atoms with Crippen molar-refractivity contribution in [2.45, 2.75) is 64.3 Å². The van der Waals surface area contributed by atoms with E-state index < -0.39 is 6.10 Å². The van der Waals surface area contributed by atoms with Crippen molar-refractivity contribution < 1.29 is 9.53 Å². The van der Waals surface area contributed by atoms with Crippen LogP contribution >= 0.6 is 46.3 Å². The summed E-state index contributed by atoms with van der Waals surface area (Å²) < 4.78 is 7.91. The second kappa shape index (κ2) is 11.9. The minimum atomic E-state index is -0.431. The smallest absolute Gasteiger partial charge is 0.235 e. The highest BCUT2D eigenvalue weighted by Crippen LogP contribution is 2.40. The van der Waals surface area contributed by atoms with Crippen molar-refractivity contribution in [3.05, 3.63) is 50.1 Å². The van der Waals surface area contributed by atoms with E-state index in [0.717, 1.165) is 31.2 Å². The first-order chi connectivity index (χ1) is 17.3. The van der Waals surface area contributed by atoms with Gasteiger partial charge in [-0.3, -0.25) is 4.79 Å². The molecule has 0 saturated carbocycles. The molecule has 1 amide bonds. The van der Waals surface area contributed by atoms with Gasteiger partial charge in [-0.2, -0.15) is 5.26 Å². The number of amides is 1. The number of aromatic nitrogens is 3. The zero-order valence-electron chi connectivity index (χ0n) is 20.3. The lowest BCUT2D eigenvalue weighted by atomic mass is 9.86. The number of nitrogens with zero attached hydrogens (tertiary/aromatic N) is 4. The fraction of sp³-hybridized carbons (Fsp3) is 0.440. The number of hydrogen-bond donors (Lipinski definition) is 1. The van der Waals surface area contributed by atoms with E-state index >= 15 is 0 Å². The lowest BCUT2D eigenvalue weighted by Gasteiger charge is -2.20. The summed E-state index contributed by atoms with van der Waals surface area (Å²) in [6.07, 6.45) is 3.69. The number of nitriles is 1. The maximum atomic E-state index is 12.8. The van der Waals surface area contributed by atoms with E-state index in [1.807, 2.05) is 18.4 Å². The second-order valence-corrected chi connectivity index (χ2v) is 11.5. The van der Waals surface area contributed by atoms with E-state index in [4.69, 9.17) is 27.9 Å². The summed E-state index contributed by atoms with van der Waals surface area (Å²) in [5.41, 5.74) is 1.73. The number of thiophene rings is 1. The van der Waals surface area contributed by atoms with Crippen molar-refractivity contribution in [2.24, 2.45) is 5.92 Å². The topological polar surface area (TPSA) is 92.8 Å². The lowest BCUT2D eigenvalue weighted by Crippen LogP contribution is -2.15. The molecule has 1 N–H and O–H groups in total. The van der Waals surface area contributed by atoms with Crippen LogP contribution in [0.15, 0.2) is 23.4 Å². The van der Waals surface area contributed by atoms with Gasteiger partial charge in [0.25, 0.3) is 0 Å². The zero-order chi connectivity index (χ0) is 25.8. The average molecular weight is 565 g/mol. The molecule has 0 spiro atoms. The van der Waals surface area contributed by atoms with E-state index in [9.17, 15) is 10.1 Å². The molecule has 3 aromatic rings. The van der Waals surface area contributed by atoms with E-state index in [0.29, 0.717) is 49.8 Å². The molecule has 0 bridgehead atoms. The predicted molar refractivity (Wildman–Crippen MR) is 145 cm³/mol. The second-order valence-electron chi connectivity index (χ2n) is 8.59. The lowest BCUT2D eigenvalue weighted by molar-refractivity contribution is -0.113. The quantitative estimate of drug-likeness (QED) is 0.284. The molecule has 1 aliphatic rings. The Kier molecular flexibility index (Phi) is 8.83. The first kappa shape index (κ1) is 26.8. The van der Waals surface area contributed by atoms with Crippen molar-refractivity contribution in [1.82, 2.24) is 14.8 Å². The van der Waals surface area contributed by atoms with Gasteiger partial charge in [0.2, 0.25) is 5.91 Å². The molecule has 2 aromatic heterocycles. The highest BCUT2D eigenvalue weighted by Gasteiger charge is 2.26. The predicted octanol–water partition coefficient (Wildman–Crippen LogP) is 6.92. The molecule has 2 atom stereocenters. The van der Waals surface area contributed by atoms with Gasteiger partial charge in [0, 0.05) is 22.5 Å². The largest absolute Gasteiger partial charge is 0.481 e. The van der Waals surface area contributed by atoms with Gasteiger partial charge in [-0.15, -0.1) is 21.5 Å². The van der Waals surface area contributed by atoms with Crippen LogP contribution in [0.2, 0.25) is 10.0 Å². The standard InChI is InChI=1S/C25H27Cl2N5O2S2/c1-4-15-6-8-17-18(12-28)24(36-21(17)10-15)29-22(33)13-35-25-31-30-23(32(25)5-2)14(3)34-20-11-16(26)7-9-19(20)27/h7,9,11,14-15H,4-6,8,10,13H2,1-3H3,(H,29,33). The van der Waals surface area contributed by atoms with Crippen LogP contribution in [-0.4, -0.2) is 26.4 Å². The summed E-state index contributed by atoms with van der Waals surface area (Å²) in [5, 5.41) is 23.5. The van der Waals surface area contributed by atoms with Crippen LogP contribution in [0, 0.1) is 17.2 Å². The van der Waals surface area contributed by atoms with Crippen LogP contribution in [0.3, 0.4) is 0 Å². The first-order valence-corrected chi connectivity index (χ1v) is 14.4. The molecule has 1 aromatic carbocycles. The molecule has 2 unspecified atom stereocenters. The molecule has 2 heterocycles. The number of nitrogens with one attached hydrogen (secondary N) is 1. The minimum Gasteiger partial charge on any atom is -0.481 e. The van der Waals surface area contributed by atoms with Crippen LogP contribution in [-0.2, 0) is 24.2 Å². The molecular formula is C25H27Cl2N5O2S2. The van der Waals surface area contributed by atoms with Gasteiger partial charge < -0.3 is 14.6 Å². The third-order valence-electron chi connectivity index (χ3n) is 6.26. The van der Waals surface area contributed by atoms with Gasteiger partial charge in [0.1, 0.15) is 16.8 Å². The Balaban J connectivity index is 1.42. The van der Waals surface area contributed by atoms with Crippen LogP contribution in [0.4, 0.5) is 5.00 Å². The van der Waals surface area contributed by atoms with Crippen molar-refractivity contribution in [3.8, 4) is 11.8 Å². The van der Waals surface area contributed by atoms with Crippen LogP contribution in [0.1, 0.15) is 61.5 Å². The van der Waals surface area contributed by atoms with E-state index in [2.05, 4.69) is 28.5 Å². The van der Waals surface area contributed by atoms with Crippen LogP contribution in [0.25, 0.3) is 0 Å². The van der Waals surface area contributed by atoms with Gasteiger partial charge in [-0.1, -0.05) is 48.3 Å². The Labute approximate surface area is 229 Å². The van der Waals surface area contributed by atoms with Gasteiger partial charge >= 0.3 is 0 Å². The molecule has 7 nitrogen and oxygen atoms in total. The van der Waals surface area contributed by atoms with Gasteiger partial charge in [-0.05, 0) is 56.7 Å². The Bertz CT molecular complexity index is 1300. The van der Waals surface area contributed by atoms with Gasteiger partial charge in [0.15, 0.2) is 17.1 Å². The summed E-state index contributed by atoms with van der Waals surface area (Å²) in [7, 11) is 0. The van der Waals surface area contributed by atoms with Crippen molar-refractivity contribution in [2.75, 3.05) is 11.1 Å². The number of hydrogen-bond acceptors (Lipinski definition) is 7. The third kappa shape index (κ3) is 5.83. The van der Waals surface area contributed by atoms with Gasteiger partial charge in [-0.25, -0.2) is 0 Å². The Morgan fingerprint density at radius 1 is 1.39 bits per heavy atom. The summed E-state index contributed by atoms with van der Waals surface area (Å²) in [6.45, 7) is 6.65. The van der Waals surface area contributed by atoms with Crippen LogP contribution < -0.4 is 10.1 Å². The molecule has 0 saturated heterocycles. The third-order valence-corrected chi connectivity index (χ3v) is 8.95. The molecule has 11 heteroatoms. The molecule has 0 aliphatic heterocycles. The molecule has 190 valence electrons. The Morgan fingerprint density at radius 2 is 2.19 bits per heavy atom. The average Bonchev–Trinajstić information content (AvgIpc) is 3.44. The number of rotatable bonds is 9. The number of ether oxygens (including phenoxy) is 1. The fourth-order valence-electron chi connectivity index (χ4n) is 4.32. The maximum Gasteiger partial charge on any atom is 0.235 e. The minimum absolute atomic E-state index is 0.151.